The highest BCUT2D eigenvalue weighted by Crippen LogP contribution is 2.37. The molecule has 0 aromatic heterocycles. The molecule has 2 nitrogen and oxygen atoms in total. The first-order chi connectivity index (χ1) is 10.3. The summed E-state index contributed by atoms with van der Waals surface area (Å²) in [5.41, 5.74) is 6.62. The third-order valence-electron chi connectivity index (χ3n) is 4.76. The van der Waals surface area contributed by atoms with E-state index < -0.39 is 0 Å². The average Bonchev–Trinajstić information content (AvgIpc) is 2.83. The Hall–Kier alpha value is -1.83. The number of rotatable bonds is 2. The summed E-state index contributed by atoms with van der Waals surface area (Å²) in [6.45, 7) is 10.6. The molecule has 22 heavy (non-hydrogen) atoms. The Morgan fingerprint density at radius 2 is 2.09 bits per heavy atom. The molecule has 1 N–H and O–H groups in total. The van der Waals surface area contributed by atoms with Gasteiger partial charge in [0.15, 0.2) is 0 Å². The van der Waals surface area contributed by atoms with Crippen molar-refractivity contribution in [3.05, 3.63) is 52.7 Å². The predicted octanol–water partition coefficient (Wildman–Crippen LogP) is 4.35. The van der Waals surface area contributed by atoms with Crippen LogP contribution in [0.4, 0.5) is 0 Å². The van der Waals surface area contributed by atoms with Crippen molar-refractivity contribution in [2.24, 2.45) is 5.92 Å². The largest absolute Gasteiger partial charge is 0.330 e. The highest BCUT2D eigenvalue weighted by molar-refractivity contribution is 5.82. The highest BCUT2D eigenvalue weighted by atomic mass is 16.1. The summed E-state index contributed by atoms with van der Waals surface area (Å²) < 4.78 is 0. The third kappa shape index (κ3) is 2.87. The van der Waals surface area contributed by atoms with E-state index in [4.69, 9.17) is 0 Å². The molecule has 1 amide bonds. The van der Waals surface area contributed by atoms with Crippen LogP contribution >= 0.6 is 0 Å². The van der Waals surface area contributed by atoms with Crippen molar-refractivity contribution in [1.82, 2.24) is 5.32 Å². The van der Waals surface area contributed by atoms with E-state index in [1.807, 2.05) is 0 Å². The van der Waals surface area contributed by atoms with Gasteiger partial charge in [-0.2, -0.15) is 0 Å². The lowest BCUT2D eigenvalue weighted by molar-refractivity contribution is -0.125. The van der Waals surface area contributed by atoms with Gasteiger partial charge in [-0.3, -0.25) is 4.79 Å². The maximum absolute atomic E-state index is 12.1. The van der Waals surface area contributed by atoms with Gasteiger partial charge in [0.1, 0.15) is 0 Å². The molecule has 0 saturated carbocycles. The minimum atomic E-state index is 0.101. The van der Waals surface area contributed by atoms with Crippen LogP contribution in [0.3, 0.4) is 0 Å². The maximum atomic E-state index is 12.1. The van der Waals surface area contributed by atoms with Gasteiger partial charge in [0.05, 0.1) is 0 Å². The Labute approximate surface area is 133 Å². The normalized spacial score (nSPS) is 21.4. The van der Waals surface area contributed by atoms with E-state index in [9.17, 15) is 4.79 Å². The van der Waals surface area contributed by atoms with Gasteiger partial charge in [-0.15, -0.1) is 0 Å². The molecule has 1 fully saturated rings. The predicted molar refractivity (Wildman–Crippen MR) is 91.4 cm³/mol. The lowest BCUT2D eigenvalue weighted by Gasteiger charge is -2.24. The van der Waals surface area contributed by atoms with Crippen molar-refractivity contribution >= 4 is 12.0 Å². The van der Waals surface area contributed by atoms with Gasteiger partial charge in [0, 0.05) is 11.6 Å². The fourth-order valence-corrected chi connectivity index (χ4v) is 3.60. The van der Waals surface area contributed by atoms with Crippen LogP contribution in [0, 0.1) is 5.92 Å². The molecule has 2 aliphatic rings. The van der Waals surface area contributed by atoms with Crippen molar-refractivity contribution in [3.8, 4) is 0 Å². The van der Waals surface area contributed by atoms with Crippen LogP contribution in [-0.2, 0) is 16.6 Å². The summed E-state index contributed by atoms with van der Waals surface area (Å²) in [7, 11) is 0. The monoisotopic (exact) mass is 295 g/mol. The molecule has 116 valence electrons. The number of nitrogens with one attached hydrogen (secondary N) is 1. The quantitative estimate of drug-likeness (QED) is 0.863. The average molecular weight is 295 g/mol. The second kappa shape index (κ2) is 5.42. The van der Waals surface area contributed by atoms with Crippen molar-refractivity contribution < 1.29 is 4.79 Å². The first kappa shape index (κ1) is 15.1. The van der Waals surface area contributed by atoms with E-state index in [0.29, 0.717) is 0 Å². The van der Waals surface area contributed by atoms with Gasteiger partial charge in [-0.05, 0) is 47.8 Å². The summed E-state index contributed by atoms with van der Waals surface area (Å²) in [5, 5.41) is 2.90. The fourth-order valence-electron chi connectivity index (χ4n) is 3.60. The van der Waals surface area contributed by atoms with Gasteiger partial charge in [-0.25, -0.2) is 0 Å². The maximum Gasteiger partial charge on any atom is 0.227 e. The van der Waals surface area contributed by atoms with Crippen molar-refractivity contribution in [1.29, 1.82) is 0 Å². The number of carbonyl (C=O) groups is 1. The molecule has 1 atom stereocenters. The van der Waals surface area contributed by atoms with E-state index in [1.54, 1.807) is 0 Å². The zero-order valence-electron chi connectivity index (χ0n) is 13.8. The number of benzene rings is 1. The molecular formula is C20H25NO. The molecule has 1 heterocycles. The molecule has 2 heteroatoms. The number of carbonyl (C=O) groups excluding carboxylic acids is 1. The van der Waals surface area contributed by atoms with E-state index >= 15 is 0 Å². The second-order valence-electron chi connectivity index (χ2n) is 7.64. The SMILES string of the molecule is C=C1CCC(CC2=Cc3cccc(C(C)(C)C)c3C2)C(=O)N1. The van der Waals surface area contributed by atoms with Crippen LogP contribution in [0.15, 0.2) is 36.0 Å². The Kier molecular flexibility index (Phi) is 3.72. The molecule has 1 saturated heterocycles. The summed E-state index contributed by atoms with van der Waals surface area (Å²) in [4.78, 5) is 12.1. The summed E-state index contributed by atoms with van der Waals surface area (Å²) in [6, 6.07) is 6.59. The van der Waals surface area contributed by atoms with Crippen LogP contribution in [0.25, 0.3) is 6.08 Å². The molecule has 1 aromatic carbocycles. The topological polar surface area (TPSA) is 29.1 Å². The van der Waals surface area contributed by atoms with Gasteiger partial charge in [-0.1, -0.05) is 57.2 Å². The Morgan fingerprint density at radius 1 is 1.32 bits per heavy atom. The molecule has 1 unspecified atom stereocenters. The lowest BCUT2D eigenvalue weighted by atomic mass is 9.82. The third-order valence-corrected chi connectivity index (χ3v) is 4.76. The summed E-state index contributed by atoms with van der Waals surface area (Å²) >= 11 is 0. The number of fused-ring (bicyclic) bond motifs is 1. The summed E-state index contributed by atoms with van der Waals surface area (Å²) in [5.74, 6) is 0.244. The van der Waals surface area contributed by atoms with Gasteiger partial charge in [0.2, 0.25) is 5.91 Å². The van der Waals surface area contributed by atoms with E-state index in [2.05, 4.69) is 56.9 Å². The van der Waals surface area contributed by atoms with Crippen molar-refractivity contribution in [2.45, 2.75) is 51.9 Å². The van der Waals surface area contributed by atoms with Gasteiger partial charge in [0.25, 0.3) is 0 Å². The Balaban J connectivity index is 1.77. The summed E-state index contributed by atoms with van der Waals surface area (Å²) in [6.07, 6.45) is 5.99. The highest BCUT2D eigenvalue weighted by Gasteiger charge is 2.28. The first-order valence-corrected chi connectivity index (χ1v) is 8.15. The van der Waals surface area contributed by atoms with E-state index in [1.165, 1.54) is 22.3 Å². The minimum absolute atomic E-state index is 0.101. The first-order valence-electron chi connectivity index (χ1n) is 8.15. The number of allylic oxidation sites excluding steroid dienone is 2. The molecule has 0 radical (unpaired) electrons. The molecule has 1 aliphatic heterocycles. The smallest absolute Gasteiger partial charge is 0.227 e. The minimum Gasteiger partial charge on any atom is -0.330 e. The molecule has 1 aromatic rings. The van der Waals surface area contributed by atoms with Gasteiger partial charge >= 0.3 is 0 Å². The van der Waals surface area contributed by atoms with Crippen LogP contribution in [0.5, 0.6) is 0 Å². The standard InChI is InChI=1S/C20H25NO/c1-13-8-9-16(19(22)21-13)11-14-10-15-6-5-7-18(17(15)12-14)20(2,3)4/h5-7,10,16H,1,8-9,11-12H2,2-4H3,(H,21,22). The Morgan fingerprint density at radius 3 is 2.77 bits per heavy atom. The van der Waals surface area contributed by atoms with Crippen molar-refractivity contribution in [2.75, 3.05) is 0 Å². The van der Waals surface area contributed by atoms with E-state index in [-0.39, 0.29) is 17.2 Å². The van der Waals surface area contributed by atoms with Gasteiger partial charge < -0.3 is 5.32 Å². The Bertz CT molecular complexity index is 661. The number of hydrogen-bond acceptors (Lipinski definition) is 1. The number of piperidine rings is 1. The van der Waals surface area contributed by atoms with Crippen LogP contribution < -0.4 is 5.32 Å². The van der Waals surface area contributed by atoms with Crippen molar-refractivity contribution in [3.63, 3.8) is 0 Å². The van der Waals surface area contributed by atoms with E-state index in [0.717, 1.165) is 31.4 Å². The molecule has 0 spiro atoms. The molecule has 1 aliphatic carbocycles. The molecular weight excluding hydrogens is 270 g/mol. The zero-order valence-corrected chi connectivity index (χ0v) is 13.8. The fraction of sp³-hybridized carbons (Fsp3) is 0.450. The number of amides is 1. The molecule has 3 rings (SSSR count). The number of hydrogen-bond donors (Lipinski definition) is 1. The molecule has 0 bridgehead atoms. The van der Waals surface area contributed by atoms with Crippen LogP contribution in [0.2, 0.25) is 0 Å². The van der Waals surface area contributed by atoms with Crippen LogP contribution in [0.1, 0.15) is 56.7 Å². The second-order valence-corrected chi connectivity index (χ2v) is 7.64. The zero-order chi connectivity index (χ0) is 15.9. The lowest BCUT2D eigenvalue weighted by Crippen LogP contribution is -2.34. The van der Waals surface area contributed by atoms with Crippen LogP contribution in [-0.4, -0.2) is 5.91 Å².